The number of carbonyl (C=O) groups is 1. The number of nitrogens with zero attached hydrogens (tertiary/aromatic N) is 2. The molecule has 0 radical (unpaired) electrons. The van der Waals surface area contributed by atoms with Crippen molar-refractivity contribution in [3.05, 3.63) is 79.9 Å². The highest BCUT2D eigenvalue weighted by Gasteiger charge is 2.25. The van der Waals surface area contributed by atoms with Crippen molar-refractivity contribution in [3.63, 3.8) is 0 Å². The van der Waals surface area contributed by atoms with Crippen molar-refractivity contribution in [3.8, 4) is 11.5 Å². The lowest BCUT2D eigenvalue weighted by Gasteiger charge is -2.19. The van der Waals surface area contributed by atoms with Gasteiger partial charge in [-0.3, -0.25) is 14.5 Å². The van der Waals surface area contributed by atoms with Gasteiger partial charge in [-0.1, -0.05) is 12.1 Å². The molecular weight excluding hydrogens is 426 g/mol. The van der Waals surface area contributed by atoms with Gasteiger partial charge in [0.05, 0.1) is 14.2 Å². The van der Waals surface area contributed by atoms with Crippen molar-refractivity contribution in [1.82, 2.24) is 14.8 Å². The zero-order valence-corrected chi connectivity index (χ0v) is 19.1. The molecule has 168 valence electrons. The number of hydrogen-bond acceptors (Lipinski definition) is 6. The normalized spacial score (nSPS) is 13.8. The maximum Gasteiger partial charge on any atom is 0.257 e. The van der Waals surface area contributed by atoms with Crippen LogP contribution in [0.25, 0.3) is 0 Å². The maximum atomic E-state index is 13.1. The lowest BCUT2D eigenvalue weighted by atomic mass is 10.1. The Hall–Kier alpha value is -3.10. The third kappa shape index (κ3) is 4.87. The predicted octanol–water partition coefficient (Wildman–Crippen LogP) is 2.92. The van der Waals surface area contributed by atoms with Crippen LogP contribution in [0.2, 0.25) is 0 Å². The SMILES string of the molecule is COc1cccc(CN2CCc3c(C(=O)NCc4ccsc4)c(OC)cc(=O)n3CC2)c1. The van der Waals surface area contributed by atoms with E-state index in [9.17, 15) is 9.59 Å². The Morgan fingerprint density at radius 3 is 2.72 bits per heavy atom. The van der Waals surface area contributed by atoms with Crippen LogP contribution in [-0.4, -0.2) is 42.7 Å². The second-order valence-electron chi connectivity index (χ2n) is 7.72. The van der Waals surface area contributed by atoms with E-state index in [2.05, 4.69) is 16.3 Å². The van der Waals surface area contributed by atoms with Crippen LogP contribution in [0, 0.1) is 0 Å². The number of nitrogens with one attached hydrogen (secondary N) is 1. The molecule has 0 saturated carbocycles. The second kappa shape index (κ2) is 10.0. The number of rotatable bonds is 7. The van der Waals surface area contributed by atoms with Gasteiger partial charge in [0.25, 0.3) is 11.5 Å². The largest absolute Gasteiger partial charge is 0.497 e. The second-order valence-corrected chi connectivity index (χ2v) is 8.50. The van der Waals surface area contributed by atoms with E-state index in [1.54, 1.807) is 23.0 Å². The Balaban J connectivity index is 1.56. The van der Waals surface area contributed by atoms with Crippen LogP contribution in [0.3, 0.4) is 0 Å². The highest BCUT2D eigenvalue weighted by molar-refractivity contribution is 7.07. The van der Waals surface area contributed by atoms with Crippen molar-refractivity contribution >= 4 is 17.2 Å². The Morgan fingerprint density at radius 1 is 1.09 bits per heavy atom. The summed E-state index contributed by atoms with van der Waals surface area (Å²) in [7, 11) is 3.15. The summed E-state index contributed by atoms with van der Waals surface area (Å²) >= 11 is 1.59. The summed E-state index contributed by atoms with van der Waals surface area (Å²) in [5, 5.41) is 6.96. The third-order valence-electron chi connectivity index (χ3n) is 5.71. The zero-order chi connectivity index (χ0) is 22.5. The van der Waals surface area contributed by atoms with Gasteiger partial charge in [0.1, 0.15) is 17.1 Å². The van der Waals surface area contributed by atoms with Crippen LogP contribution in [0.5, 0.6) is 11.5 Å². The first-order valence-corrected chi connectivity index (χ1v) is 11.5. The quantitative estimate of drug-likeness (QED) is 0.596. The maximum absolute atomic E-state index is 13.1. The average Bonchev–Trinajstić information content (AvgIpc) is 3.25. The predicted molar refractivity (Wildman–Crippen MR) is 125 cm³/mol. The van der Waals surface area contributed by atoms with E-state index in [4.69, 9.17) is 9.47 Å². The molecule has 2 aromatic heterocycles. The van der Waals surface area contributed by atoms with Gasteiger partial charge in [-0.15, -0.1) is 0 Å². The van der Waals surface area contributed by atoms with Crippen LogP contribution in [0.15, 0.2) is 52.0 Å². The van der Waals surface area contributed by atoms with Crippen molar-refractivity contribution in [2.75, 3.05) is 27.3 Å². The van der Waals surface area contributed by atoms with Gasteiger partial charge in [0.15, 0.2) is 0 Å². The molecule has 3 aromatic rings. The van der Waals surface area contributed by atoms with E-state index in [-0.39, 0.29) is 11.5 Å². The van der Waals surface area contributed by atoms with Gasteiger partial charge in [0.2, 0.25) is 0 Å². The summed E-state index contributed by atoms with van der Waals surface area (Å²) in [5.41, 5.74) is 3.23. The molecule has 0 bridgehead atoms. The van der Waals surface area contributed by atoms with Gasteiger partial charge < -0.3 is 19.4 Å². The number of ether oxygens (including phenoxy) is 2. The molecule has 7 nitrogen and oxygen atoms in total. The number of thiophene rings is 1. The molecular formula is C24H27N3O4S. The fraction of sp³-hybridized carbons (Fsp3) is 0.333. The molecule has 1 aliphatic heterocycles. The van der Waals surface area contributed by atoms with Crippen molar-refractivity contribution in [2.24, 2.45) is 0 Å². The number of methoxy groups -OCH3 is 2. The monoisotopic (exact) mass is 453 g/mol. The number of aromatic nitrogens is 1. The minimum absolute atomic E-state index is 0.144. The van der Waals surface area contributed by atoms with Gasteiger partial charge in [-0.2, -0.15) is 11.3 Å². The van der Waals surface area contributed by atoms with Crippen LogP contribution in [0.4, 0.5) is 0 Å². The molecule has 0 unspecified atom stereocenters. The van der Waals surface area contributed by atoms with Crippen LogP contribution in [0.1, 0.15) is 27.2 Å². The number of amides is 1. The Kier molecular flexibility index (Phi) is 6.92. The first-order valence-electron chi connectivity index (χ1n) is 10.5. The fourth-order valence-electron chi connectivity index (χ4n) is 4.05. The van der Waals surface area contributed by atoms with Crippen LogP contribution >= 0.6 is 11.3 Å². The van der Waals surface area contributed by atoms with Crippen LogP contribution < -0.4 is 20.3 Å². The molecule has 0 spiro atoms. The smallest absolute Gasteiger partial charge is 0.257 e. The first kappa shape index (κ1) is 22.1. The van der Waals surface area contributed by atoms with Gasteiger partial charge >= 0.3 is 0 Å². The minimum atomic E-state index is -0.224. The Bertz CT molecular complexity index is 1140. The summed E-state index contributed by atoms with van der Waals surface area (Å²) < 4.78 is 12.5. The van der Waals surface area contributed by atoms with E-state index < -0.39 is 0 Å². The van der Waals surface area contributed by atoms with E-state index in [0.717, 1.165) is 35.7 Å². The molecule has 1 aromatic carbocycles. The van der Waals surface area contributed by atoms with E-state index >= 15 is 0 Å². The molecule has 4 rings (SSSR count). The van der Waals surface area contributed by atoms with E-state index in [0.29, 0.717) is 37.4 Å². The summed E-state index contributed by atoms with van der Waals surface area (Å²) in [6.07, 6.45) is 0.581. The molecule has 3 heterocycles. The standard InChI is InChI=1S/C24H27N3O4S/c1-30-19-5-3-4-17(12-19)15-26-8-6-20-23(24(29)25-14-18-7-11-32-16-18)21(31-2)13-22(28)27(20)10-9-26/h3-5,7,11-13,16H,6,8-10,14-15H2,1-2H3,(H,25,29). The van der Waals surface area contributed by atoms with Crippen molar-refractivity contribution < 1.29 is 14.3 Å². The summed E-state index contributed by atoms with van der Waals surface area (Å²) in [6, 6.07) is 11.4. The Morgan fingerprint density at radius 2 is 1.97 bits per heavy atom. The Labute approximate surface area is 191 Å². The topological polar surface area (TPSA) is 72.8 Å². The molecule has 0 saturated heterocycles. The summed E-state index contributed by atoms with van der Waals surface area (Å²) in [5.74, 6) is 0.925. The van der Waals surface area contributed by atoms with Crippen LogP contribution in [-0.2, 0) is 26.1 Å². The minimum Gasteiger partial charge on any atom is -0.497 e. The summed E-state index contributed by atoms with van der Waals surface area (Å²) in [4.78, 5) is 28.2. The number of fused-ring (bicyclic) bond motifs is 1. The highest BCUT2D eigenvalue weighted by atomic mass is 32.1. The molecule has 32 heavy (non-hydrogen) atoms. The molecule has 0 atom stereocenters. The third-order valence-corrected chi connectivity index (χ3v) is 6.44. The molecule has 1 N–H and O–H groups in total. The van der Waals surface area contributed by atoms with Gasteiger partial charge in [-0.25, -0.2) is 0 Å². The number of benzene rings is 1. The molecule has 0 aliphatic carbocycles. The van der Waals surface area contributed by atoms with Crippen molar-refractivity contribution in [1.29, 1.82) is 0 Å². The van der Waals surface area contributed by atoms with Crippen molar-refractivity contribution in [2.45, 2.75) is 26.1 Å². The highest BCUT2D eigenvalue weighted by Crippen LogP contribution is 2.24. The fourth-order valence-corrected chi connectivity index (χ4v) is 4.72. The van der Waals surface area contributed by atoms with Gasteiger partial charge in [0, 0.05) is 50.9 Å². The number of pyridine rings is 1. The lowest BCUT2D eigenvalue weighted by Crippen LogP contribution is -2.31. The lowest BCUT2D eigenvalue weighted by molar-refractivity contribution is 0.0945. The molecule has 8 heteroatoms. The molecule has 1 aliphatic rings. The molecule has 0 fully saturated rings. The number of hydrogen-bond donors (Lipinski definition) is 1. The summed E-state index contributed by atoms with van der Waals surface area (Å²) in [6.45, 7) is 3.15. The number of carbonyl (C=O) groups excluding carboxylic acids is 1. The van der Waals surface area contributed by atoms with E-state index in [1.165, 1.54) is 13.2 Å². The molecule has 1 amide bonds. The zero-order valence-electron chi connectivity index (χ0n) is 18.3. The average molecular weight is 454 g/mol. The van der Waals surface area contributed by atoms with E-state index in [1.807, 2.05) is 35.0 Å². The first-order chi connectivity index (χ1) is 15.6. The van der Waals surface area contributed by atoms with Gasteiger partial charge in [-0.05, 0) is 40.1 Å².